The summed E-state index contributed by atoms with van der Waals surface area (Å²) in [6, 6.07) is 21.2. The van der Waals surface area contributed by atoms with E-state index in [9.17, 15) is 0 Å². The van der Waals surface area contributed by atoms with Crippen LogP contribution in [0.5, 0.6) is 0 Å². The maximum atomic E-state index is 4.93. The van der Waals surface area contributed by atoms with Gasteiger partial charge in [-0.25, -0.2) is 0 Å². The third-order valence-electron chi connectivity index (χ3n) is 4.05. The van der Waals surface area contributed by atoms with Crippen molar-refractivity contribution in [2.75, 3.05) is 0 Å². The fraction of sp³-hybridized carbons (Fsp3) is 0.120. The fourth-order valence-electron chi connectivity index (χ4n) is 2.92. The Kier molecular flexibility index (Phi) is 11.3. The second-order valence-corrected chi connectivity index (χ2v) is 8.99. The Morgan fingerprint density at radius 2 is 1.48 bits per heavy atom. The van der Waals surface area contributed by atoms with Gasteiger partial charge in [-0.3, -0.25) is 0 Å². The molecule has 0 bridgehead atoms. The van der Waals surface area contributed by atoms with Crippen molar-refractivity contribution in [3.05, 3.63) is 97.0 Å². The van der Waals surface area contributed by atoms with Crippen molar-refractivity contribution in [3.63, 3.8) is 0 Å². The summed E-state index contributed by atoms with van der Waals surface area (Å²) in [6.07, 6.45) is 11.7. The van der Waals surface area contributed by atoms with Crippen molar-refractivity contribution < 1.29 is 53.5 Å². The van der Waals surface area contributed by atoms with E-state index >= 15 is 0 Å². The second-order valence-electron chi connectivity index (χ2n) is 6.53. The van der Waals surface area contributed by atoms with Crippen molar-refractivity contribution in [2.24, 2.45) is 0 Å². The van der Waals surface area contributed by atoms with Crippen LogP contribution < -0.4 is 24.8 Å². The molecule has 5 rings (SSSR count). The van der Waals surface area contributed by atoms with Crippen molar-refractivity contribution in [1.29, 1.82) is 0 Å². The van der Waals surface area contributed by atoms with Gasteiger partial charge in [0.15, 0.2) is 0 Å². The molecule has 0 saturated heterocycles. The summed E-state index contributed by atoms with van der Waals surface area (Å²) in [6.45, 7) is 4.25. The maximum absolute atomic E-state index is 4.93. The van der Waals surface area contributed by atoms with Gasteiger partial charge < -0.3 is 29.2 Å². The van der Waals surface area contributed by atoms with E-state index in [0.29, 0.717) is 0 Å². The zero-order chi connectivity index (χ0) is 19.1. The minimum atomic E-state index is 0. The number of benzene rings is 2. The van der Waals surface area contributed by atoms with E-state index < -0.39 is 0 Å². The van der Waals surface area contributed by atoms with Gasteiger partial charge in [-0.05, 0) is 0 Å². The first kappa shape index (κ1) is 25.4. The molecule has 1 aliphatic rings. The number of rotatable bonds is 1. The molecule has 0 aliphatic heterocycles. The number of halogens is 2. The Bertz CT molecular complexity index is 1030. The van der Waals surface area contributed by atoms with Gasteiger partial charge >= 0.3 is 41.3 Å². The van der Waals surface area contributed by atoms with Gasteiger partial charge in [0.1, 0.15) is 0 Å². The van der Waals surface area contributed by atoms with Crippen molar-refractivity contribution >= 4 is 30.3 Å². The second kappa shape index (κ2) is 12.9. The Labute approximate surface area is 200 Å². The van der Waals surface area contributed by atoms with Gasteiger partial charge in [-0.15, -0.1) is 45.8 Å². The molecule has 4 heteroatoms. The predicted octanol–water partition coefficient (Wildman–Crippen LogP) is 0.891. The van der Waals surface area contributed by atoms with Gasteiger partial charge in [-0.1, -0.05) is 54.4 Å². The van der Waals surface area contributed by atoms with Crippen LogP contribution in [0.25, 0.3) is 27.1 Å². The Morgan fingerprint density at radius 1 is 0.931 bits per heavy atom. The Hall–Kier alpha value is -1.60. The quantitative estimate of drug-likeness (QED) is 0.354. The first-order valence-electron chi connectivity index (χ1n) is 9.00. The molecule has 148 valence electrons. The molecule has 0 N–H and O–H groups in total. The molecule has 3 aromatic carbocycles. The van der Waals surface area contributed by atoms with Crippen LogP contribution >= 0.6 is 0 Å². The van der Waals surface area contributed by atoms with E-state index in [4.69, 9.17) is 4.42 Å². The molecule has 1 aliphatic carbocycles. The van der Waals surface area contributed by atoms with E-state index in [2.05, 4.69) is 86.7 Å². The largest absolute Gasteiger partial charge is 1.00 e. The summed E-state index contributed by atoms with van der Waals surface area (Å²) in [5, 5.41) is 5.39. The standard InChI is InChI=1S/C13H9.C9H7O.C3H6.2ClH.Zr/c1-3-7-12-10(5-1)9-11-6-2-4-8-13(11)12;1-2-4-8(3-1)9-5-6-10-7-9;1-3-2;;;/h1-9H;1,3,5-7H,2H2;1-2H3;2*1H;/q2*-1;;;;+2/p-2. The molecule has 0 amide bonds. The number of fused-ring (bicyclic) bond motifs is 3. The maximum Gasteiger partial charge on any atom is 0.0771 e. The topological polar surface area (TPSA) is 13.1 Å². The Balaban J connectivity index is 0.000000237. The first-order valence-corrected chi connectivity index (χ1v) is 10.2. The summed E-state index contributed by atoms with van der Waals surface area (Å²) in [4.78, 5) is 0. The zero-order valence-electron chi connectivity index (χ0n) is 16.5. The van der Waals surface area contributed by atoms with Gasteiger partial charge in [0, 0.05) is 6.26 Å². The molecule has 1 aromatic heterocycles. The molecule has 1 heterocycles. The van der Waals surface area contributed by atoms with E-state index in [0.717, 1.165) is 17.6 Å². The van der Waals surface area contributed by atoms with Gasteiger partial charge in [0.05, 0.1) is 6.26 Å². The average molecular weight is 501 g/mol. The zero-order valence-corrected chi connectivity index (χ0v) is 20.4. The number of hydrogen-bond donors (Lipinski definition) is 0. The molecule has 0 saturated carbocycles. The van der Waals surface area contributed by atoms with Crippen LogP contribution in [0.1, 0.15) is 25.8 Å². The van der Waals surface area contributed by atoms with Crippen LogP contribution in [-0.2, 0) is 24.2 Å². The number of allylic oxidation sites excluding steroid dienone is 4. The van der Waals surface area contributed by atoms with Crippen LogP contribution in [-0.4, -0.2) is 3.21 Å². The minimum absolute atomic E-state index is 0. The van der Waals surface area contributed by atoms with Gasteiger partial charge in [0.2, 0.25) is 0 Å². The van der Waals surface area contributed by atoms with Crippen LogP contribution in [0.2, 0.25) is 0 Å². The molecule has 0 unspecified atom stereocenters. The molecular formula is C25H22Cl2OZr-2. The number of hydrogen-bond acceptors (Lipinski definition) is 1. The summed E-state index contributed by atoms with van der Waals surface area (Å²) in [5.74, 6) is 0. The van der Waals surface area contributed by atoms with Crippen LogP contribution in [0, 0.1) is 6.08 Å². The third-order valence-corrected chi connectivity index (χ3v) is 4.05. The average Bonchev–Trinajstić information content (AvgIpc) is 3.41. The van der Waals surface area contributed by atoms with E-state index in [1.165, 1.54) is 24.8 Å². The monoisotopic (exact) mass is 498 g/mol. The van der Waals surface area contributed by atoms with Crippen molar-refractivity contribution in [2.45, 2.75) is 20.3 Å². The van der Waals surface area contributed by atoms with Crippen molar-refractivity contribution in [1.82, 2.24) is 0 Å². The summed E-state index contributed by atoms with van der Waals surface area (Å²) in [7, 11) is 0. The van der Waals surface area contributed by atoms with E-state index in [1.807, 2.05) is 6.07 Å². The van der Waals surface area contributed by atoms with Crippen LogP contribution in [0.4, 0.5) is 0 Å². The predicted molar refractivity (Wildman–Crippen MR) is 113 cm³/mol. The smallest absolute Gasteiger partial charge is 0.0771 e. The molecule has 0 spiro atoms. The SMILES string of the molecule is C[C](C)=[Zr+2].[C-]1=C(c2ccoc2)C=CC1.[Cl-].[Cl-].c1ccc2c(c1)[cH-]c1ccccc12. The molecule has 29 heavy (non-hydrogen) atoms. The van der Waals surface area contributed by atoms with Gasteiger partial charge in [0.25, 0.3) is 0 Å². The van der Waals surface area contributed by atoms with E-state index in [1.54, 1.807) is 36.8 Å². The number of furan rings is 1. The molecule has 4 aromatic rings. The molecule has 0 atom stereocenters. The minimum Gasteiger partial charge on any atom is -1.00 e. The summed E-state index contributed by atoms with van der Waals surface area (Å²) < 4.78 is 6.44. The fourth-order valence-corrected chi connectivity index (χ4v) is 2.92. The van der Waals surface area contributed by atoms with E-state index in [-0.39, 0.29) is 24.8 Å². The normalized spacial score (nSPS) is 11.4. The van der Waals surface area contributed by atoms with Crippen LogP contribution in [0.15, 0.2) is 89.8 Å². The molecule has 0 fully saturated rings. The summed E-state index contributed by atoms with van der Waals surface area (Å²) >= 11 is 1.55. The first-order chi connectivity index (χ1) is 13.1. The van der Waals surface area contributed by atoms with Crippen LogP contribution in [0.3, 0.4) is 0 Å². The molecule has 0 radical (unpaired) electrons. The molecular weight excluding hydrogens is 478 g/mol. The Morgan fingerprint density at radius 3 is 1.93 bits per heavy atom. The molecule has 1 nitrogen and oxygen atoms in total. The van der Waals surface area contributed by atoms with Crippen molar-refractivity contribution in [3.8, 4) is 0 Å². The summed E-state index contributed by atoms with van der Waals surface area (Å²) in [5.41, 5.74) is 2.27. The third kappa shape index (κ3) is 7.30. The van der Waals surface area contributed by atoms with Gasteiger partial charge in [-0.2, -0.15) is 17.7 Å².